The minimum atomic E-state index is -0.741. The Balaban J connectivity index is 2.42. The van der Waals surface area contributed by atoms with Crippen LogP contribution in [0.15, 0.2) is 0 Å². The Labute approximate surface area is 380 Å². The summed E-state index contributed by atoms with van der Waals surface area (Å²) >= 11 is 2.69. The maximum absolute atomic E-state index is 12.9. The van der Waals surface area contributed by atoms with E-state index in [1.165, 1.54) is 164 Å². The number of thioether (sulfide) groups is 2. The van der Waals surface area contributed by atoms with Crippen LogP contribution in [0.4, 0.5) is 0 Å². The number of hydrogen-bond donors (Lipinski definition) is 1. The van der Waals surface area contributed by atoms with Gasteiger partial charge in [0.25, 0.3) is 0 Å². The maximum Gasteiger partial charge on any atom is 0.306 e. The van der Waals surface area contributed by atoms with Gasteiger partial charge in [0, 0.05) is 55.9 Å². The van der Waals surface area contributed by atoms with Crippen molar-refractivity contribution in [3.8, 4) is 0 Å². The van der Waals surface area contributed by atoms with E-state index in [1.807, 2.05) is 0 Å². The second-order valence-electron chi connectivity index (χ2n) is 17.4. The molecule has 12 heteroatoms. The lowest BCUT2D eigenvalue weighted by atomic mass is 10.0. The van der Waals surface area contributed by atoms with Crippen LogP contribution in [-0.4, -0.2) is 88.0 Å². The monoisotopic (exact) mass is 897 g/mol. The standard InChI is InChI=1S/C49H88N2O8S2/c1-4-6-8-10-12-14-16-18-20-22-24-26-28-32-47(55)58-38-42(59-48(56)33-29-27-25-23-21-19-17-15-13-11-9-7-5-2)39-60-40-43(50)44(53)34-36-61-45-37-46(54)51(49(45)57)35-30-31-41(3)52/h42-43,45H,4-40,50H2,1-3H3. The van der Waals surface area contributed by atoms with Gasteiger partial charge in [0.2, 0.25) is 11.8 Å². The number of likely N-dealkylation sites (tertiary alicyclic amines) is 1. The number of Topliss-reactive ketones (excluding diaryl/α,β-unsaturated/α-hetero) is 2. The SMILES string of the molecule is CCCCCCCCCCCCCCCC(=O)OCC(CSCC(N)C(=O)CCSC1CC(=O)N(CCCC(C)=O)C1=O)OC(=O)CCCCCCCCCCCCCCC. The molecule has 0 aromatic heterocycles. The molecule has 2 amide bonds. The average molecular weight is 897 g/mol. The number of esters is 2. The summed E-state index contributed by atoms with van der Waals surface area (Å²) < 4.78 is 11.4. The number of ether oxygens (including phenoxy) is 2. The van der Waals surface area contributed by atoms with E-state index in [1.54, 1.807) is 0 Å². The molecule has 0 saturated carbocycles. The van der Waals surface area contributed by atoms with E-state index in [0.717, 1.165) is 38.5 Å². The number of nitrogens with two attached hydrogens (primary N) is 1. The van der Waals surface area contributed by atoms with Crippen molar-refractivity contribution in [3.63, 3.8) is 0 Å². The lowest BCUT2D eigenvalue weighted by Crippen LogP contribution is -2.35. The molecule has 0 aliphatic carbocycles. The number of unbranched alkanes of at least 4 members (excludes halogenated alkanes) is 24. The fourth-order valence-corrected chi connectivity index (χ4v) is 9.74. The summed E-state index contributed by atoms with van der Waals surface area (Å²) in [6.45, 7) is 6.21. The van der Waals surface area contributed by atoms with Crippen molar-refractivity contribution in [2.45, 2.75) is 244 Å². The van der Waals surface area contributed by atoms with Crippen LogP contribution in [0.5, 0.6) is 0 Å². The van der Waals surface area contributed by atoms with Gasteiger partial charge in [-0.3, -0.25) is 28.9 Å². The van der Waals surface area contributed by atoms with Gasteiger partial charge in [-0.1, -0.05) is 168 Å². The van der Waals surface area contributed by atoms with Gasteiger partial charge in [-0.25, -0.2) is 0 Å². The molecule has 1 fully saturated rings. The fourth-order valence-electron chi connectivity index (χ4n) is 7.60. The number of imide groups is 1. The van der Waals surface area contributed by atoms with Crippen molar-refractivity contribution < 1.29 is 38.2 Å². The first-order chi connectivity index (χ1) is 29.6. The fraction of sp³-hybridized carbons (Fsp3) is 0.878. The van der Waals surface area contributed by atoms with Crippen LogP contribution in [0.2, 0.25) is 0 Å². The number of ketones is 2. The summed E-state index contributed by atoms with van der Waals surface area (Å²) in [4.78, 5) is 75.9. The summed E-state index contributed by atoms with van der Waals surface area (Å²) in [6.07, 6.45) is 33.1. The normalized spacial score (nSPS) is 15.0. The molecule has 10 nitrogen and oxygen atoms in total. The molecular weight excluding hydrogens is 809 g/mol. The van der Waals surface area contributed by atoms with Crippen LogP contribution in [0, 0.1) is 0 Å². The minimum Gasteiger partial charge on any atom is -0.462 e. The van der Waals surface area contributed by atoms with Crippen LogP contribution < -0.4 is 5.73 Å². The van der Waals surface area contributed by atoms with Gasteiger partial charge < -0.3 is 20.0 Å². The topological polar surface area (TPSA) is 150 Å². The van der Waals surface area contributed by atoms with Crippen molar-refractivity contribution in [2.24, 2.45) is 5.73 Å². The molecule has 1 aliphatic rings. The summed E-state index contributed by atoms with van der Waals surface area (Å²) in [5.74, 6) is -0.160. The Bertz CT molecular complexity index is 1190. The van der Waals surface area contributed by atoms with E-state index in [4.69, 9.17) is 15.2 Å². The Morgan fingerprint density at radius 1 is 0.623 bits per heavy atom. The molecule has 1 rings (SSSR count). The molecule has 61 heavy (non-hydrogen) atoms. The molecule has 1 heterocycles. The number of amides is 2. The van der Waals surface area contributed by atoms with Crippen LogP contribution in [0.3, 0.4) is 0 Å². The number of carbonyl (C=O) groups excluding carboxylic acids is 6. The predicted octanol–water partition coefficient (Wildman–Crippen LogP) is 11.7. The summed E-state index contributed by atoms with van der Waals surface area (Å²) in [7, 11) is 0. The van der Waals surface area contributed by atoms with Gasteiger partial charge in [-0.05, 0) is 26.2 Å². The number of rotatable bonds is 44. The van der Waals surface area contributed by atoms with Crippen molar-refractivity contribution >= 4 is 58.8 Å². The Hall–Kier alpha value is -1.92. The van der Waals surface area contributed by atoms with Gasteiger partial charge >= 0.3 is 11.9 Å². The van der Waals surface area contributed by atoms with E-state index >= 15 is 0 Å². The molecule has 3 unspecified atom stereocenters. The lowest BCUT2D eigenvalue weighted by molar-refractivity contribution is -0.157. The quantitative estimate of drug-likeness (QED) is 0.0354. The van der Waals surface area contributed by atoms with Gasteiger partial charge in [0.05, 0.1) is 11.3 Å². The van der Waals surface area contributed by atoms with Gasteiger partial charge in [-0.2, -0.15) is 11.8 Å². The van der Waals surface area contributed by atoms with Gasteiger partial charge in [0.15, 0.2) is 5.78 Å². The molecular formula is C49H88N2O8S2. The summed E-state index contributed by atoms with van der Waals surface area (Å²) in [6, 6.07) is -0.741. The zero-order valence-corrected chi connectivity index (χ0v) is 40.6. The first-order valence-electron chi connectivity index (χ1n) is 24.7. The van der Waals surface area contributed by atoms with E-state index in [0.29, 0.717) is 42.9 Å². The molecule has 2 N–H and O–H groups in total. The van der Waals surface area contributed by atoms with Crippen molar-refractivity contribution in [2.75, 3.05) is 30.4 Å². The third-order valence-electron chi connectivity index (χ3n) is 11.5. The van der Waals surface area contributed by atoms with Crippen LogP contribution >= 0.6 is 23.5 Å². The molecule has 0 aromatic rings. The average Bonchev–Trinajstić information content (AvgIpc) is 3.50. The second kappa shape index (κ2) is 39.7. The highest BCUT2D eigenvalue weighted by Gasteiger charge is 2.38. The smallest absolute Gasteiger partial charge is 0.306 e. The highest BCUT2D eigenvalue weighted by Crippen LogP contribution is 2.26. The molecule has 0 spiro atoms. The third-order valence-corrected chi connectivity index (χ3v) is 13.9. The van der Waals surface area contributed by atoms with Gasteiger partial charge in [-0.15, -0.1) is 11.8 Å². The molecule has 0 radical (unpaired) electrons. The minimum absolute atomic E-state index is 0.0195. The predicted molar refractivity (Wildman–Crippen MR) is 254 cm³/mol. The highest BCUT2D eigenvalue weighted by molar-refractivity contribution is 8.00. The molecule has 3 atom stereocenters. The zero-order valence-electron chi connectivity index (χ0n) is 39.0. The number of nitrogens with zero attached hydrogens (tertiary/aromatic N) is 1. The lowest BCUT2D eigenvalue weighted by Gasteiger charge is -2.19. The first kappa shape index (κ1) is 57.1. The van der Waals surface area contributed by atoms with Crippen molar-refractivity contribution in [1.29, 1.82) is 0 Å². The number of carbonyl (C=O) groups is 6. The van der Waals surface area contributed by atoms with Crippen LogP contribution in [0.25, 0.3) is 0 Å². The van der Waals surface area contributed by atoms with E-state index in [2.05, 4.69) is 13.8 Å². The summed E-state index contributed by atoms with van der Waals surface area (Å²) in [5.41, 5.74) is 6.24. The molecule has 1 aliphatic heterocycles. The highest BCUT2D eigenvalue weighted by atomic mass is 32.2. The number of hydrogen-bond acceptors (Lipinski definition) is 11. The Morgan fingerprint density at radius 3 is 1.56 bits per heavy atom. The molecule has 354 valence electrons. The summed E-state index contributed by atoms with van der Waals surface area (Å²) in [5, 5.41) is -0.523. The largest absolute Gasteiger partial charge is 0.462 e. The van der Waals surface area contributed by atoms with E-state index < -0.39 is 17.4 Å². The van der Waals surface area contributed by atoms with E-state index in [-0.39, 0.29) is 61.3 Å². The third kappa shape index (κ3) is 32.4. The van der Waals surface area contributed by atoms with E-state index in [9.17, 15) is 28.8 Å². The van der Waals surface area contributed by atoms with Gasteiger partial charge in [0.1, 0.15) is 18.5 Å². The second-order valence-corrected chi connectivity index (χ2v) is 19.8. The van der Waals surface area contributed by atoms with Crippen molar-refractivity contribution in [1.82, 2.24) is 4.90 Å². The Kier molecular flexibility index (Phi) is 37.1. The van der Waals surface area contributed by atoms with Crippen LogP contribution in [0.1, 0.15) is 226 Å². The Morgan fingerprint density at radius 2 is 1.08 bits per heavy atom. The zero-order chi connectivity index (χ0) is 44.8. The van der Waals surface area contributed by atoms with Crippen LogP contribution in [-0.2, 0) is 38.2 Å². The maximum atomic E-state index is 12.9. The molecule has 0 aromatic carbocycles. The first-order valence-corrected chi connectivity index (χ1v) is 27.0. The molecule has 0 bridgehead atoms. The van der Waals surface area contributed by atoms with Crippen molar-refractivity contribution in [3.05, 3.63) is 0 Å². The molecule has 1 saturated heterocycles.